The second kappa shape index (κ2) is 6.10. The highest BCUT2D eigenvalue weighted by atomic mass is 16.6. The van der Waals surface area contributed by atoms with Crippen molar-refractivity contribution in [2.75, 3.05) is 10.7 Å². The molecule has 100 valence electrons. The van der Waals surface area contributed by atoms with Crippen LogP contribution in [0.15, 0.2) is 6.33 Å². The molecule has 1 rings (SSSR count). The van der Waals surface area contributed by atoms with E-state index in [1.165, 1.54) is 6.33 Å². The Morgan fingerprint density at radius 2 is 2.00 bits per heavy atom. The molecule has 0 saturated carbocycles. The SMILES string of the molecule is CC(C)CC(C)Nc1ncnc(NN)c1[N+](=O)[O-]. The van der Waals surface area contributed by atoms with Crippen molar-refractivity contribution in [2.45, 2.75) is 33.2 Å². The zero-order valence-electron chi connectivity index (χ0n) is 10.7. The molecule has 0 bridgehead atoms. The molecule has 0 fully saturated rings. The van der Waals surface area contributed by atoms with Crippen molar-refractivity contribution in [1.29, 1.82) is 0 Å². The molecule has 18 heavy (non-hydrogen) atoms. The zero-order valence-corrected chi connectivity index (χ0v) is 10.7. The number of hydrogen-bond donors (Lipinski definition) is 3. The number of nitrogens with two attached hydrogens (primary N) is 1. The van der Waals surface area contributed by atoms with Crippen molar-refractivity contribution < 1.29 is 4.92 Å². The summed E-state index contributed by atoms with van der Waals surface area (Å²) in [5.74, 6) is 5.85. The molecule has 0 aliphatic rings. The van der Waals surface area contributed by atoms with E-state index in [4.69, 9.17) is 5.84 Å². The van der Waals surface area contributed by atoms with Crippen LogP contribution in [0.1, 0.15) is 27.2 Å². The van der Waals surface area contributed by atoms with Crippen molar-refractivity contribution in [3.63, 3.8) is 0 Å². The third kappa shape index (κ3) is 3.52. The van der Waals surface area contributed by atoms with Crippen LogP contribution in [-0.2, 0) is 0 Å². The van der Waals surface area contributed by atoms with Crippen molar-refractivity contribution >= 4 is 17.3 Å². The lowest BCUT2D eigenvalue weighted by Crippen LogP contribution is -2.20. The van der Waals surface area contributed by atoms with E-state index in [0.29, 0.717) is 5.92 Å². The van der Waals surface area contributed by atoms with Gasteiger partial charge in [0.1, 0.15) is 6.33 Å². The van der Waals surface area contributed by atoms with Gasteiger partial charge < -0.3 is 10.7 Å². The summed E-state index contributed by atoms with van der Waals surface area (Å²) in [4.78, 5) is 18.1. The topological polar surface area (TPSA) is 119 Å². The number of anilines is 2. The third-order valence-electron chi connectivity index (χ3n) is 2.35. The summed E-state index contributed by atoms with van der Waals surface area (Å²) >= 11 is 0. The summed E-state index contributed by atoms with van der Waals surface area (Å²) in [5.41, 5.74) is 1.96. The Balaban J connectivity index is 2.98. The molecule has 4 N–H and O–H groups in total. The van der Waals surface area contributed by atoms with Crippen LogP contribution >= 0.6 is 0 Å². The van der Waals surface area contributed by atoms with Gasteiger partial charge in [0, 0.05) is 6.04 Å². The van der Waals surface area contributed by atoms with E-state index in [1.54, 1.807) is 0 Å². The van der Waals surface area contributed by atoms with E-state index in [-0.39, 0.29) is 23.4 Å². The lowest BCUT2D eigenvalue weighted by atomic mass is 10.1. The molecule has 0 aliphatic heterocycles. The van der Waals surface area contributed by atoms with Gasteiger partial charge in [0.2, 0.25) is 11.6 Å². The second-order valence-corrected chi connectivity index (χ2v) is 4.50. The van der Waals surface area contributed by atoms with E-state index in [9.17, 15) is 10.1 Å². The van der Waals surface area contributed by atoms with Crippen LogP contribution in [0.5, 0.6) is 0 Å². The first-order chi connectivity index (χ1) is 8.45. The molecule has 0 amide bonds. The number of hydrogen-bond acceptors (Lipinski definition) is 7. The molecule has 8 heteroatoms. The number of rotatable bonds is 6. The van der Waals surface area contributed by atoms with Crippen molar-refractivity contribution in [3.05, 3.63) is 16.4 Å². The molecule has 0 radical (unpaired) electrons. The van der Waals surface area contributed by atoms with Crippen LogP contribution in [-0.4, -0.2) is 20.9 Å². The molecule has 0 aromatic carbocycles. The van der Waals surface area contributed by atoms with Crippen molar-refractivity contribution in [2.24, 2.45) is 11.8 Å². The Labute approximate surface area is 105 Å². The average molecular weight is 254 g/mol. The fourth-order valence-electron chi connectivity index (χ4n) is 1.76. The molecule has 1 heterocycles. The largest absolute Gasteiger partial charge is 0.362 e. The fourth-order valence-corrected chi connectivity index (χ4v) is 1.76. The van der Waals surface area contributed by atoms with Gasteiger partial charge in [-0.3, -0.25) is 10.1 Å². The van der Waals surface area contributed by atoms with Crippen molar-refractivity contribution in [3.8, 4) is 0 Å². The van der Waals surface area contributed by atoms with Crippen LogP contribution in [0.25, 0.3) is 0 Å². The quantitative estimate of drug-likeness (QED) is 0.400. The Morgan fingerprint density at radius 1 is 1.39 bits per heavy atom. The summed E-state index contributed by atoms with van der Waals surface area (Å²) < 4.78 is 0. The van der Waals surface area contributed by atoms with E-state index < -0.39 is 4.92 Å². The highest BCUT2D eigenvalue weighted by Crippen LogP contribution is 2.28. The lowest BCUT2D eigenvalue weighted by molar-refractivity contribution is -0.383. The van der Waals surface area contributed by atoms with E-state index >= 15 is 0 Å². The first-order valence-electron chi connectivity index (χ1n) is 5.68. The maximum atomic E-state index is 11.0. The predicted molar refractivity (Wildman–Crippen MR) is 69.0 cm³/mol. The number of hydrazine groups is 1. The molecule has 1 unspecified atom stereocenters. The Bertz CT molecular complexity index is 423. The average Bonchev–Trinajstić information content (AvgIpc) is 2.26. The van der Waals surface area contributed by atoms with Crippen molar-refractivity contribution in [1.82, 2.24) is 9.97 Å². The van der Waals surface area contributed by atoms with Gasteiger partial charge in [0.05, 0.1) is 4.92 Å². The maximum Gasteiger partial charge on any atom is 0.354 e. The number of aromatic nitrogens is 2. The lowest BCUT2D eigenvalue weighted by Gasteiger charge is -2.16. The second-order valence-electron chi connectivity index (χ2n) is 4.50. The number of nitrogen functional groups attached to an aromatic ring is 1. The van der Waals surface area contributed by atoms with Gasteiger partial charge in [-0.05, 0) is 19.3 Å². The van der Waals surface area contributed by atoms with Gasteiger partial charge in [-0.2, -0.15) is 0 Å². The van der Waals surface area contributed by atoms with Crippen LogP contribution in [0.2, 0.25) is 0 Å². The Hall–Kier alpha value is -1.96. The summed E-state index contributed by atoms with van der Waals surface area (Å²) in [7, 11) is 0. The predicted octanol–water partition coefficient (Wildman–Crippen LogP) is 1.52. The van der Waals surface area contributed by atoms with Gasteiger partial charge in [-0.15, -0.1) is 0 Å². The Morgan fingerprint density at radius 3 is 2.50 bits per heavy atom. The van der Waals surface area contributed by atoms with Crippen LogP contribution in [0, 0.1) is 16.0 Å². The summed E-state index contributed by atoms with van der Waals surface area (Å²) in [6.07, 6.45) is 2.11. The standard InChI is InChI=1S/C10H18N6O2/c1-6(2)4-7(3)14-9-8(16(17)18)10(15-11)13-5-12-9/h5-7H,4,11H2,1-3H3,(H2,12,13,14,15). The van der Waals surface area contributed by atoms with Gasteiger partial charge in [-0.25, -0.2) is 15.8 Å². The molecule has 0 aliphatic carbocycles. The minimum absolute atomic E-state index is 0.00533. The number of nitrogens with zero attached hydrogens (tertiary/aromatic N) is 3. The first kappa shape index (κ1) is 14.1. The highest BCUT2D eigenvalue weighted by molar-refractivity contribution is 5.68. The summed E-state index contributed by atoms with van der Waals surface area (Å²) in [5, 5.41) is 14.0. The molecular formula is C10H18N6O2. The van der Waals surface area contributed by atoms with Crippen LogP contribution < -0.4 is 16.6 Å². The minimum atomic E-state index is -0.556. The van der Waals surface area contributed by atoms with E-state index in [2.05, 4.69) is 34.6 Å². The van der Waals surface area contributed by atoms with E-state index in [0.717, 1.165) is 6.42 Å². The summed E-state index contributed by atoms with van der Waals surface area (Å²) in [6, 6.07) is 0.0734. The minimum Gasteiger partial charge on any atom is -0.362 e. The smallest absolute Gasteiger partial charge is 0.354 e. The van der Waals surface area contributed by atoms with Gasteiger partial charge in [0.15, 0.2) is 0 Å². The molecule has 0 saturated heterocycles. The fraction of sp³-hybridized carbons (Fsp3) is 0.600. The molecular weight excluding hydrogens is 236 g/mol. The maximum absolute atomic E-state index is 11.0. The summed E-state index contributed by atoms with van der Waals surface area (Å²) in [6.45, 7) is 6.11. The monoisotopic (exact) mass is 254 g/mol. The molecule has 1 aromatic rings. The molecule has 1 atom stereocenters. The molecule has 8 nitrogen and oxygen atoms in total. The van der Waals surface area contributed by atoms with Crippen LogP contribution in [0.3, 0.4) is 0 Å². The normalized spacial score (nSPS) is 12.3. The molecule has 1 aromatic heterocycles. The van der Waals surface area contributed by atoms with Crippen LogP contribution in [0.4, 0.5) is 17.3 Å². The number of nitro groups is 1. The van der Waals surface area contributed by atoms with Gasteiger partial charge in [0.25, 0.3) is 0 Å². The highest BCUT2D eigenvalue weighted by Gasteiger charge is 2.23. The van der Waals surface area contributed by atoms with Gasteiger partial charge >= 0.3 is 5.69 Å². The first-order valence-corrected chi connectivity index (χ1v) is 5.68. The molecule has 0 spiro atoms. The van der Waals surface area contributed by atoms with Gasteiger partial charge in [-0.1, -0.05) is 13.8 Å². The Kier molecular flexibility index (Phi) is 4.78. The third-order valence-corrected chi connectivity index (χ3v) is 2.35. The van der Waals surface area contributed by atoms with E-state index in [1.807, 2.05) is 6.92 Å². The number of nitrogens with one attached hydrogen (secondary N) is 2. The zero-order chi connectivity index (χ0) is 13.7.